The van der Waals surface area contributed by atoms with Gasteiger partial charge in [0.15, 0.2) is 0 Å². The van der Waals surface area contributed by atoms with Gasteiger partial charge in [-0.1, -0.05) is 17.7 Å². The Kier molecular flexibility index (Phi) is 4.13. The molecule has 0 atom stereocenters. The van der Waals surface area contributed by atoms with Gasteiger partial charge in [-0.3, -0.25) is 14.9 Å². The van der Waals surface area contributed by atoms with Crippen LogP contribution in [0.3, 0.4) is 0 Å². The van der Waals surface area contributed by atoms with Crippen LogP contribution in [0, 0.1) is 21.7 Å². The van der Waals surface area contributed by atoms with E-state index in [-0.39, 0.29) is 5.02 Å². The topological polar surface area (TPSA) is 72.2 Å². The van der Waals surface area contributed by atoms with Gasteiger partial charge in [-0.05, 0) is 24.3 Å². The van der Waals surface area contributed by atoms with Gasteiger partial charge in [-0.15, -0.1) is 0 Å². The first-order chi connectivity index (χ1) is 9.90. The van der Waals surface area contributed by atoms with Gasteiger partial charge in [0.05, 0.1) is 4.92 Å². The maximum Gasteiger partial charge on any atom is 0.282 e. The summed E-state index contributed by atoms with van der Waals surface area (Å²) in [7, 11) is 0. The lowest BCUT2D eigenvalue weighted by Gasteiger charge is -2.08. The highest BCUT2D eigenvalue weighted by atomic mass is 35.5. The molecule has 0 fully saturated rings. The summed E-state index contributed by atoms with van der Waals surface area (Å²) in [5, 5.41) is 12.9. The van der Waals surface area contributed by atoms with Crippen LogP contribution in [0.15, 0.2) is 36.4 Å². The van der Waals surface area contributed by atoms with E-state index in [1.165, 1.54) is 6.07 Å². The van der Waals surface area contributed by atoms with E-state index in [2.05, 4.69) is 0 Å². The summed E-state index contributed by atoms with van der Waals surface area (Å²) in [6.07, 6.45) is 0. The van der Waals surface area contributed by atoms with Gasteiger partial charge in [0.2, 0.25) is 0 Å². The quantitative estimate of drug-likeness (QED) is 0.692. The van der Waals surface area contributed by atoms with Crippen molar-refractivity contribution in [2.24, 2.45) is 0 Å². The molecule has 0 aliphatic carbocycles. The van der Waals surface area contributed by atoms with Crippen LogP contribution in [0.5, 0.6) is 0 Å². The van der Waals surface area contributed by atoms with Crippen LogP contribution >= 0.6 is 11.6 Å². The van der Waals surface area contributed by atoms with E-state index in [0.29, 0.717) is 0 Å². The summed E-state index contributed by atoms with van der Waals surface area (Å²) in [6.45, 7) is 0. The number of hydrogen-bond donors (Lipinski definition) is 1. The molecule has 0 spiro atoms. The van der Waals surface area contributed by atoms with Gasteiger partial charge in [0, 0.05) is 11.1 Å². The van der Waals surface area contributed by atoms with Crippen LogP contribution < -0.4 is 5.32 Å². The molecule has 2 aromatic rings. The van der Waals surface area contributed by atoms with Crippen LogP contribution in [0.2, 0.25) is 5.02 Å². The van der Waals surface area contributed by atoms with E-state index in [1.807, 2.05) is 5.32 Å². The number of nitrogens with one attached hydrogen (secondary N) is 1. The van der Waals surface area contributed by atoms with Gasteiger partial charge in [0.1, 0.15) is 22.9 Å². The van der Waals surface area contributed by atoms with Crippen molar-refractivity contribution in [1.82, 2.24) is 0 Å². The molecule has 8 heteroatoms. The molecule has 2 rings (SSSR count). The van der Waals surface area contributed by atoms with Crippen molar-refractivity contribution < 1.29 is 18.5 Å². The highest BCUT2D eigenvalue weighted by Crippen LogP contribution is 2.25. The first-order valence-corrected chi connectivity index (χ1v) is 5.97. The number of carbonyl (C=O) groups excluding carboxylic acids is 1. The van der Waals surface area contributed by atoms with E-state index >= 15 is 0 Å². The largest absolute Gasteiger partial charge is 0.317 e. The molecule has 5 nitrogen and oxygen atoms in total. The molecule has 21 heavy (non-hydrogen) atoms. The Morgan fingerprint density at radius 2 is 1.81 bits per heavy atom. The van der Waals surface area contributed by atoms with E-state index in [0.717, 1.165) is 30.3 Å². The molecule has 0 heterocycles. The van der Waals surface area contributed by atoms with E-state index in [1.54, 1.807) is 0 Å². The van der Waals surface area contributed by atoms with E-state index in [9.17, 15) is 23.7 Å². The van der Waals surface area contributed by atoms with Crippen LogP contribution in [-0.4, -0.2) is 10.8 Å². The van der Waals surface area contributed by atoms with Gasteiger partial charge >= 0.3 is 0 Å². The maximum absolute atomic E-state index is 13.5. The molecule has 108 valence electrons. The average Bonchev–Trinajstić information content (AvgIpc) is 2.42. The summed E-state index contributed by atoms with van der Waals surface area (Å²) < 4.78 is 26.9. The molecule has 0 unspecified atom stereocenters. The van der Waals surface area contributed by atoms with Crippen LogP contribution in [0.25, 0.3) is 0 Å². The van der Waals surface area contributed by atoms with Gasteiger partial charge in [0.25, 0.3) is 11.6 Å². The summed E-state index contributed by atoms with van der Waals surface area (Å²) in [4.78, 5) is 22.1. The fourth-order valence-corrected chi connectivity index (χ4v) is 1.82. The van der Waals surface area contributed by atoms with Crippen molar-refractivity contribution in [3.63, 3.8) is 0 Å². The SMILES string of the molecule is O=C(Nc1c(F)cccc1F)c1cc(Cl)ccc1[N+](=O)[O-]. The number of carbonyl (C=O) groups is 1. The lowest BCUT2D eigenvalue weighted by atomic mass is 10.1. The van der Waals surface area contributed by atoms with E-state index < -0.39 is 39.4 Å². The number of nitro groups is 1. The minimum Gasteiger partial charge on any atom is -0.317 e. The number of hydrogen-bond acceptors (Lipinski definition) is 3. The van der Waals surface area contributed by atoms with Crippen molar-refractivity contribution in [2.45, 2.75) is 0 Å². The Balaban J connectivity index is 2.41. The van der Waals surface area contributed by atoms with Crippen LogP contribution in [0.1, 0.15) is 10.4 Å². The Hall–Kier alpha value is -2.54. The predicted octanol–water partition coefficient (Wildman–Crippen LogP) is 3.78. The molecule has 0 radical (unpaired) electrons. The zero-order valence-corrected chi connectivity index (χ0v) is 11.0. The van der Waals surface area contributed by atoms with Crippen molar-refractivity contribution in [3.8, 4) is 0 Å². The fraction of sp³-hybridized carbons (Fsp3) is 0. The van der Waals surface area contributed by atoms with Gasteiger partial charge < -0.3 is 5.32 Å². The molecule has 0 saturated carbocycles. The highest BCUT2D eigenvalue weighted by Gasteiger charge is 2.22. The molecule has 2 aromatic carbocycles. The zero-order chi connectivity index (χ0) is 15.6. The van der Waals surface area contributed by atoms with Gasteiger partial charge in [-0.2, -0.15) is 0 Å². The van der Waals surface area contributed by atoms with Crippen LogP contribution in [0.4, 0.5) is 20.2 Å². The third-order valence-corrected chi connectivity index (χ3v) is 2.84. The monoisotopic (exact) mass is 312 g/mol. The maximum atomic E-state index is 13.5. The van der Waals surface area contributed by atoms with Gasteiger partial charge in [-0.25, -0.2) is 8.78 Å². The lowest BCUT2D eigenvalue weighted by molar-refractivity contribution is -0.385. The number of benzene rings is 2. The Morgan fingerprint density at radius 1 is 1.19 bits per heavy atom. The lowest BCUT2D eigenvalue weighted by Crippen LogP contribution is -2.16. The number of anilines is 1. The molecule has 0 aliphatic rings. The Morgan fingerprint density at radius 3 is 2.38 bits per heavy atom. The predicted molar refractivity (Wildman–Crippen MR) is 72.4 cm³/mol. The molecule has 1 N–H and O–H groups in total. The standard InChI is InChI=1S/C13H7ClF2N2O3/c14-7-4-5-11(18(20)21)8(6-7)13(19)17-12-9(15)2-1-3-10(12)16/h1-6H,(H,17,19). The third kappa shape index (κ3) is 3.14. The number of rotatable bonds is 3. The van der Waals surface area contributed by atoms with Crippen molar-refractivity contribution in [2.75, 3.05) is 5.32 Å². The Labute approximate surface area is 122 Å². The molecular formula is C13H7ClF2N2O3. The van der Waals surface area contributed by atoms with Crippen molar-refractivity contribution >= 4 is 28.9 Å². The zero-order valence-electron chi connectivity index (χ0n) is 10.3. The molecule has 0 saturated heterocycles. The van der Waals surface area contributed by atoms with Crippen molar-refractivity contribution in [1.29, 1.82) is 0 Å². The fourth-order valence-electron chi connectivity index (χ4n) is 1.65. The second-order valence-corrected chi connectivity index (χ2v) is 4.41. The summed E-state index contributed by atoms with van der Waals surface area (Å²) in [5.41, 5.74) is -1.60. The second kappa shape index (κ2) is 5.84. The summed E-state index contributed by atoms with van der Waals surface area (Å²) in [5.74, 6) is -3.02. The first-order valence-electron chi connectivity index (χ1n) is 5.59. The molecular weight excluding hydrogens is 306 g/mol. The normalized spacial score (nSPS) is 10.2. The Bertz CT molecular complexity index is 717. The number of amides is 1. The molecule has 0 bridgehead atoms. The number of nitro benzene ring substituents is 1. The highest BCUT2D eigenvalue weighted by molar-refractivity contribution is 6.31. The van der Waals surface area contributed by atoms with Crippen molar-refractivity contribution in [3.05, 3.63) is 68.7 Å². The third-order valence-electron chi connectivity index (χ3n) is 2.60. The second-order valence-electron chi connectivity index (χ2n) is 3.97. The number of nitrogens with zero attached hydrogens (tertiary/aromatic N) is 1. The number of para-hydroxylation sites is 1. The number of halogens is 3. The first kappa shape index (κ1) is 14.9. The summed E-state index contributed by atoms with van der Waals surface area (Å²) >= 11 is 5.68. The van der Waals surface area contributed by atoms with Crippen LogP contribution in [-0.2, 0) is 0 Å². The smallest absolute Gasteiger partial charge is 0.282 e. The molecule has 0 aromatic heterocycles. The summed E-state index contributed by atoms with van der Waals surface area (Å²) in [6, 6.07) is 6.35. The van der Waals surface area contributed by atoms with E-state index in [4.69, 9.17) is 11.6 Å². The molecule has 0 aliphatic heterocycles. The minimum absolute atomic E-state index is 0.0831. The average molecular weight is 313 g/mol. The molecule has 1 amide bonds. The minimum atomic E-state index is -1.03.